The van der Waals surface area contributed by atoms with E-state index in [2.05, 4.69) is 4.98 Å². The standard InChI is InChI=1S/C8H9NO4.C4H11NO3/c1-4-7(11)6(8(12)13)5(3-10)2-9-4;5-4(1-6,2-7)3-8/h2,10-11H,3H2,1H3,(H,12,13);6-8H,1-3,5H2. The number of pyridine rings is 1. The summed E-state index contributed by atoms with van der Waals surface area (Å²) in [6.45, 7) is -0.175. The summed E-state index contributed by atoms with van der Waals surface area (Å²) >= 11 is 0. The van der Waals surface area contributed by atoms with Crippen LogP contribution in [0.25, 0.3) is 0 Å². The number of carboxylic acids is 1. The Balaban J connectivity index is 0.000000433. The third-order valence-electron chi connectivity index (χ3n) is 2.64. The lowest BCUT2D eigenvalue weighted by atomic mass is 10.1. The maximum absolute atomic E-state index is 10.7. The van der Waals surface area contributed by atoms with Crippen LogP contribution in [0.2, 0.25) is 0 Å². The topological polar surface area (TPSA) is 177 Å². The van der Waals surface area contributed by atoms with E-state index in [9.17, 15) is 9.90 Å². The van der Waals surface area contributed by atoms with Crippen molar-refractivity contribution in [1.82, 2.24) is 4.98 Å². The second-order valence-electron chi connectivity index (χ2n) is 4.39. The second-order valence-corrected chi connectivity index (χ2v) is 4.39. The number of hydrogen-bond donors (Lipinski definition) is 7. The van der Waals surface area contributed by atoms with E-state index < -0.39 is 37.9 Å². The molecule has 0 saturated carbocycles. The molecule has 120 valence electrons. The van der Waals surface area contributed by atoms with Crippen LogP contribution in [0.4, 0.5) is 0 Å². The first-order chi connectivity index (χ1) is 9.76. The summed E-state index contributed by atoms with van der Waals surface area (Å²) in [5.74, 6) is -1.66. The summed E-state index contributed by atoms with van der Waals surface area (Å²) in [5, 5.41) is 51.8. The van der Waals surface area contributed by atoms with Crippen LogP contribution < -0.4 is 5.73 Å². The molecule has 9 nitrogen and oxygen atoms in total. The fourth-order valence-electron chi connectivity index (χ4n) is 1.14. The molecule has 0 saturated heterocycles. The van der Waals surface area contributed by atoms with Gasteiger partial charge in [-0.25, -0.2) is 4.79 Å². The van der Waals surface area contributed by atoms with Crippen molar-refractivity contribution in [1.29, 1.82) is 0 Å². The zero-order chi connectivity index (χ0) is 16.6. The first-order valence-corrected chi connectivity index (χ1v) is 5.89. The van der Waals surface area contributed by atoms with Crippen LogP contribution in [0.15, 0.2) is 6.20 Å². The van der Waals surface area contributed by atoms with Crippen molar-refractivity contribution >= 4 is 5.97 Å². The van der Waals surface area contributed by atoms with Gasteiger partial charge in [0.05, 0.1) is 37.7 Å². The van der Waals surface area contributed by atoms with Gasteiger partial charge in [-0.05, 0) is 6.92 Å². The molecule has 9 heteroatoms. The van der Waals surface area contributed by atoms with Gasteiger partial charge in [-0.2, -0.15) is 0 Å². The van der Waals surface area contributed by atoms with Crippen LogP contribution in [0.3, 0.4) is 0 Å². The van der Waals surface area contributed by atoms with E-state index in [-0.39, 0.29) is 22.6 Å². The summed E-state index contributed by atoms with van der Waals surface area (Å²) in [7, 11) is 0. The van der Waals surface area contributed by atoms with E-state index in [1.54, 1.807) is 0 Å². The summed E-state index contributed by atoms with van der Waals surface area (Å²) in [4.78, 5) is 14.4. The van der Waals surface area contributed by atoms with E-state index in [0.29, 0.717) is 0 Å². The Labute approximate surface area is 120 Å². The SMILES string of the molecule is Cc1ncc(CO)c(C(=O)O)c1O.NC(CO)(CO)CO. The third-order valence-corrected chi connectivity index (χ3v) is 2.64. The van der Waals surface area contributed by atoms with Crippen LogP contribution in [-0.2, 0) is 6.61 Å². The fourth-order valence-corrected chi connectivity index (χ4v) is 1.14. The van der Waals surface area contributed by atoms with Crippen LogP contribution >= 0.6 is 0 Å². The third kappa shape index (κ3) is 5.25. The first kappa shape index (κ1) is 19.2. The number of carboxylic acid groups (broad SMARTS) is 1. The first-order valence-electron chi connectivity index (χ1n) is 5.89. The summed E-state index contributed by atoms with van der Waals surface area (Å²) in [5.41, 5.74) is 3.99. The van der Waals surface area contributed by atoms with Crippen LogP contribution in [0.1, 0.15) is 21.6 Å². The Morgan fingerprint density at radius 2 is 1.71 bits per heavy atom. The lowest BCUT2D eigenvalue weighted by molar-refractivity contribution is 0.0686. The molecule has 1 rings (SSSR count). The molecule has 0 atom stereocenters. The highest BCUT2D eigenvalue weighted by molar-refractivity contribution is 5.92. The van der Waals surface area contributed by atoms with Gasteiger partial charge in [0.25, 0.3) is 0 Å². The Morgan fingerprint density at radius 3 is 2.00 bits per heavy atom. The van der Waals surface area contributed by atoms with Crippen molar-refractivity contribution < 1.29 is 35.4 Å². The molecule has 0 bridgehead atoms. The molecular weight excluding hydrogens is 284 g/mol. The monoisotopic (exact) mass is 304 g/mol. The fraction of sp³-hybridized carbons (Fsp3) is 0.500. The Hall–Kier alpha value is -1.78. The number of nitrogens with two attached hydrogens (primary N) is 1. The van der Waals surface area contributed by atoms with Crippen LogP contribution in [0, 0.1) is 6.92 Å². The average molecular weight is 304 g/mol. The van der Waals surface area contributed by atoms with Crippen molar-refractivity contribution in [3.05, 3.63) is 23.0 Å². The summed E-state index contributed by atoms with van der Waals surface area (Å²) < 4.78 is 0. The zero-order valence-electron chi connectivity index (χ0n) is 11.5. The number of aromatic hydroxyl groups is 1. The highest BCUT2D eigenvalue weighted by Crippen LogP contribution is 2.23. The smallest absolute Gasteiger partial charge is 0.339 e. The molecule has 1 heterocycles. The van der Waals surface area contributed by atoms with Gasteiger partial charge >= 0.3 is 5.97 Å². The van der Waals surface area contributed by atoms with Gasteiger partial charge in [0.2, 0.25) is 0 Å². The van der Waals surface area contributed by atoms with E-state index in [1.165, 1.54) is 13.1 Å². The van der Waals surface area contributed by atoms with Crippen molar-refractivity contribution in [2.24, 2.45) is 5.73 Å². The second kappa shape index (κ2) is 8.49. The molecule has 0 aliphatic rings. The molecule has 21 heavy (non-hydrogen) atoms. The number of aliphatic hydroxyl groups excluding tert-OH is 4. The molecule has 1 aromatic rings. The number of carbonyl (C=O) groups is 1. The zero-order valence-corrected chi connectivity index (χ0v) is 11.5. The number of aliphatic hydroxyl groups is 4. The Bertz CT molecular complexity index is 467. The average Bonchev–Trinajstić information content (AvgIpc) is 2.49. The van der Waals surface area contributed by atoms with E-state index in [0.717, 1.165) is 0 Å². The normalized spacial score (nSPS) is 10.8. The lowest BCUT2D eigenvalue weighted by Crippen LogP contribution is -2.50. The Kier molecular flexibility index (Phi) is 7.77. The van der Waals surface area contributed by atoms with Crippen molar-refractivity contribution in [2.75, 3.05) is 19.8 Å². The lowest BCUT2D eigenvalue weighted by Gasteiger charge is -2.20. The maximum atomic E-state index is 10.7. The van der Waals surface area contributed by atoms with Crippen molar-refractivity contribution in [3.8, 4) is 5.75 Å². The number of rotatable bonds is 5. The van der Waals surface area contributed by atoms with Gasteiger partial charge < -0.3 is 36.4 Å². The predicted molar refractivity (Wildman–Crippen MR) is 71.7 cm³/mol. The van der Waals surface area contributed by atoms with Gasteiger partial charge in [0, 0.05) is 11.8 Å². The predicted octanol–water partition coefficient (Wildman–Crippen LogP) is -2.05. The van der Waals surface area contributed by atoms with Crippen molar-refractivity contribution in [3.63, 3.8) is 0 Å². The summed E-state index contributed by atoms with van der Waals surface area (Å²) in [6, 6.07) is 0. The molecule has 0 unspecified atom stereocenters. The minimum Gasteiger partial charge on any atom is -0.505 e. The van der Waals surface area contributed by atoms with E-state index >= 15 is 0 Å². The largest absolute Gasteiger partial charge is 0.505 e. The van der Waals surface area contributed by atoms with Gasteiger partial charge in [0.15, 0.2) is 5.75 Å². The van der Waals surface area contributed by atoms with E-state index in [4.69, 9.17) is 31.3 Å². The van der Waals surface area contributed by atoms with Gasteiger partial charge in [-0.15, -0.1) is 0 Å². The quantitative estimate of drug-likeness (QED) is 0.322. The van der Waals surface area contributed by atoms with Gasteiger partial charge in [-0.3, -0.25) is 4.98 Å². The Morgan fingerprint density at radius 1 is 1.24 bits per heavy atom. The molecule has 0 fully saturated rings. The maximum Gasteiger partial charge on any atom is 0.339 e. The number of aromatic nitrogens is 1. The molecule has 8 N–H and O–H groups in total. The number of aromatic carboxylic acids is 1. The van der Waals surface area contributed by atoms with Crippen molar-refractivity contribution in [2.45, 2.75) is 19.1 Å². The summed E-state index contributed by atoms with van der Waals surface area (Å²) in [6.07, 6.45) is 1.23. The highest BCUT2D eigenvalue weighted by Gasteiger charge is 2.20. The highest BCUT2D eigenvalue weighted by atomic mass is 16.4. The number of aryl methyl sites for hydroxylation is 1. The van der Waals surface area contributed by atoms with Gasteiger partial charge in [-0.1, -0.05) is 0 Å². The molecule has 0 aromatic carbocycles. The molecule has 0 aliphatic heterocycles. The molecule has 1 aromatic heterocycles. The van der Waals surface area contributed by atoms with Crippen LogP contribution in [0.5, 0.6) is 5.75 Å². The molecule has 0 radical (unpaired) electrons. The molecular formula is C12H20N2O7. The molecule has 0 amide bonds. The minimum absolute atomic E-state index is 0.107. The molecule has 0 spiro atoms. The van der Waals surface area contributed by atoms with Crippen LogP contribution in [-0.4, -0.2) is 67.0 Å². The number of hydrogen-bond acceptors (Lipinski definition) is 8. The molecule has 0 aliphatic carbocycles. The van der Waals surface area contributed by atoms with E-state index in [1.807, 2.05) is 0 Å². The van der Waals surface area contributed by atoms with Gasteiger partial charge in [0.1, 0.15) is 5.56 Å². The minimum atomic E-state index is -1.27. The number of nitrogens with zero attached hydrogens (tertiary/aromatic N) is 1.